The van der Waals surface area contributed by atoms with Crippen LogP contribution in [0.3, 0.4) is 0 Å². The van der Waals surface area contributed by atoms with Crippen LogP contribution in [0.2, 0.25) is 0 Å². The first-order valence-corrected chi connectivity index (χ1v) is 10.2. The Labute approximate surface area is 155 Å². The smallest absolute Gasteiger partial charge is 0.241 e. The van der Waals surface area contributed by atoms with Gasteiger partial charge in [-0.1, -0.05) is 55.0 Å². The highest BCUT2D eigenvalue weighted by Gasteiger charge is 2.24. The highest BCUT2D eigenvalue weighted by Crippen LogP contribution is 2.21. The van der Waals surface area contributed by atoms with Gasteiger partial charge >= 0.3 is 0 Å². The number of hydrogen-bond acceptors (Lipinski definition) is 3. The van der Waals surface area contributed by atoms with E-state index in [4.69, 9.17) is 0 Å². The molecule has 6 heteroatoms. The molecule has 0 aromatic heterocycles. The van der Waals surface area contributed by atoms with E-state index in [1.807, 2.05) is 51.1 Å². The lowest BCUT2D eigenvalue weighted by atomic mass is 10.0. The van der Waals surface area contributed by atoms with Gasteiger partial charge in [0.15, 0.2) is 0 Å². The van der Waals surface area contributed by atoms with Crippen LogP contribution in [0.4, 0.5) is 0 Å². The van der Waals surface area contributed by atoms with Crippen molar-refractivity contribution in [1.82, 2.24) is 10.0 Å². The maximum absolute atomic E-state index is 12.7. The first kappa shape index (κ1) is 20.1. The fraction of sp³-hybridized carbons (Fsp3) is 0.350. The summed E-state index contributed by atoms with van der Waals surface area (Å²) in [5.74, 6) is -0.181. The van der Waals surface area contributed by atoms with Gasteiger partial charge in [-0.15, -0.1) is 0 Å². The molecule has 0 spiro atoms. The normalized spacial score (nSPS) is 13.8. The number of hydrogen-bond donors (Lipinski definition) is 2. The summed E-state index contributed by atoms with van der Waals surface area (Å²) in [5, 5.41) is 2.89. The van der Waals surface area contributed by atoms with Crippen molar-refractivity contribution in [1.29, 1.82) is 0 Å². The van der Waals surface area contributed by atoms with Gasteiger partial charge in [0, 0.05) is 12.5 Å². The van der Waals surface area contributed by atoms with Crippen molar-refractivity contribution in [2.75, 3.05) is 0 Å². The third-order valence-corrected chi connectivity index (χ3v) is 5.73. The van der Waals surface area contributed by atoms with E-state index in [2.05, 4.69) is 10.0 Å². The Bertz CT molecular complexity index is 818. The van der Waals surface area contributed by atoms with Gasteiger partial charge in [0.1, 0.15) is 0 Å². The van der Waals surface area contributed by atoms with E-state index in [1.165, 1.54) is 0 Å². The Morgan fingerprint density at radius 1 is 1.04 bits per heavy atom. The second-order valence-corrected chi connectivity index (χ2v) is 8.19. The van der Waals surface area contributed by atoms with Crippen molar-refractivity contribution >= 4 is 15.9 Å². The number of carbonyl (C=O) groups excluding carboxylic acids is 1. The fourth-order valence-electron chi connectivity index (χ4n) is 2.51. The molecular formula is C20H26N2O3S. The van der Waals surface area contributed by atoms with Gasteiger partial charge in [-0.05, 0) is 38.0 Å². The third-order valence-electron chi connectivity index (χ3n) is 4.24. The van der Waals surface area contributed by atoms with Crippen LogP contribution < -0.4 is 10.0 Å². The van der Waals surface area contributed by atoms with Crippen LogP contribution in [-0.2, 0) is 14.8 Å². The average Bonchev–Trinajstić information content (AvgIpc) is 2.62. The highest BCUT2D eigenvalue weighted by atomic mass is 32.2. The van der Waals surface area contributed by atoms with Gasteiger partial charge in [0.05, 0.1) is 10.9 Å². The van der Waals surface area contributed by atoms with Crippen LogP contribution in [0.1, 0.15) is 43.9 Å². The van der Waals surface area contributed by atoms with Crippen LogP contribution in [0.25, 0.3) is 0 Å². The molecule has 26 heavy (non-hydrogen) atoms. The Morgan fingerprint density at radius 2 is 1.65 bits per heavy atom. The molecule has 1 amide bonds. The zero-order valence-electron chi connectivity index (χ0n) is 15.4. The molecule has 0 unspecified atom stereocenters. The highest BCUT2D eigenvalue weighted by molar-refractivity contribution is 7.89. The van der Waals surface area contributed by atoms with Crippen molar-refractivity contribution < 1.29 is 13.2 Å². The molecule has 2 N–H and O–H groups in total. The Kier molecular flexibility index (Phi) is 6.94. The molecule has 0 radical (unpaired) electrons. The van der Waals surface area contributed by atoms with E-state index in [1.54, 1.807) is 24.3 Å². The predicted octanol–water partition coefficient (Wildman–Crippen LogP) is 3.32. The van der Waals surface area contributed by atoms with Crippen molar-refractivity contribution in [3.8, 4) is 0 Å². The average molecular weight is 375 g/mol. The monoisotopic (exact) mass is 374 g/mol. The molecule has 2 aromatic rings. The molecule has 0 aliphatic heterocycles. The summed E-state index contributed by atoms with van der Waals surface area (Å²) < 4.78 is 28.2. The van der Waals surface area contributed by atoms with Crippen LogP contribution >= 0.6 is 0 Å². The van der Waals surface area contributed by atoms with E-state index in [0.717, 1.165) is 17.5 Å². The van der Waals surface area contributed by atoms with Crippen molar-refractivity contribution in [3.05, 3.63) is 65.7 Å². The van der Waals surface area contributed by atoms with Gasteiger partial charge in [-0.2, -0.15) is 0 Å². The minimum atomic E-state index is -3.73. The summed E-state index contributed by atoms with van der Waals surface area (Å²) in [6.45, 7) is 5.81. The largest absolute Gasteiger partial charge is 0.354 e. The maximum Gasteiger partial charge on any atom is 0.241 e. The molecule has 2 aromatic carbocycles. The fourth-order valence-corrected chi connectivity index (χ4v) is 3.73. The second kappa shape index (κ2) is 8.96. The SMILES string of the molecule is CC[C@H](C)NC(=O)C[C@@H](NS(=O)(=O)c1ccc(C)cc1)c1ccccc1. The van der Waals surface area contributed by atoms with Crippen LogP contribution in [0.5, 0.6) is 0 Å². The summed E-state index contributed by atoms with van der Waals surface area (Å²) >= 11 is 0. The second-order valence-electron chi connectivity index (χ2n) is 6.48. The van der Waals surface area contributed by atoms with Gasteiger partial charge in [0.2, 0.25) is 15.9 Å². The molecule has 0 saturated carbocycles. The van der Waals surface area contributed by atoms with E-state index < -0.39 is 16.1 Å². The maximum atomic E-state index is 12.7. The zero-order valence-corrected chi connectivity index (χ0v) is 16.2. The van der Waals surface area contributed by atoms with Gasteiger partial charge in [0.25, 0.3) is 0 Å². The Morgan fingerprint density at radius 3 is 2.23 bits per heavy atom. The lowest BCUT2D eigenvalue weighted by Gasteiger charge is -2.20. The Balaban J connectivity index is 2.24. The van der Waals surface area contributed by atoms with E-state index >= 15 is 0 Å². The minimum Gasteiger partial charge on any atom is -0.354 e. The summed E-state index contributed by atoms with van der Waals surface area (Å²) in [4.78, 5) is 12.5. The van der Waals surface area contributed by atoms with E-state index in [-0.39, 0.29) is 23.3 Å². The standard InChI is InChI=1S/C20H26N2O3S/c1-4-16(3)21-20(23)14-19(17-8-6-5-7-9-17)22-26(24,25)18-12-10-15(2)11-13-18/h5-13,16,19,22H,4,14H2,1-3H3,(H,21,23)/t16-,19+/m0/s1. The summed E-state index contributed by atoms with van der Waals surface area (Å²) in [5.41, 5.74) is 1.74. The molecule has 2 atom stereocenters. The Hall–Kier alpha value is -2.18. The number of sulfonamides is 1. The van der Waals surface area contributed by atoms with Gasteiger partial charge in [-0.3, -0.25) is 4.79 Å². The molecule has 2 rings (SSSR count). The van der Waals surface area contributed by atoms with Crippen molar-refractivity contribution in [2.24, 2.45) is 0 Å². The molecule has 0 fully saturated rings. The van der Waals surface area contributed by atoms with Crippen molar-refractivity contribution in [3.63, 3.8) is 0 Å². The number of amides is 1. The summed E-state index contributed by atoms with van der Waals surface area (Å²) in [6, 6.07) is 15.2. The molecule has 0 aliphatic rings. The molecular weight excluding hydrogens is 348 g/mol. The van der Waals surface area contributed by atoms with Crippen molar-refractivity contribution in [2.45, 2.75) is 50.6 Å². The van der Waals surface area contributed by atoms with Gasteiger partial charge < -0.3 is 5.32 Å². The molecule has 0 saturated heterocycles. The summed E-state index contributed by atoms with van der Waals surface area (Å²) in [7, 11) is -3.73. The minimum absolute atomic E-state index is 0.0411. The zero-order chi connectivity index (χ0) is 19.2. The van der Waals surface area contributed by atoms with Crippen LogP contribution in [0, 0.1) is 6.92 Å². The number of aryl methyl sites for hydroxylation is 1. The van der Waals surface area contributed by atoms with Gasteiger partial charge in [-0.25, -0.2) is 13.1 Å². The summed E-state index contributed by atoms with van der Waals surface area (Å²) in [6.07, 6.45) is 0.857. The molecule has 0 aliphatic carbocycles. The number of rotatable bonds is 8. The number of carbonyl (C=O) groups is 1. The molecule has 5 nitrogen and oxygen atoms in total. The number of nitrogens with one attached hydrogen (secondary N) is 2. The number of benzene rings is 2. The first-order valence-electron chi connectivity index (χ1n) is 8.75. The molecule has 0 heterocycles. The van der Waals surface area contributed by atoms with Crippen LogP contribution in [0.15, 0.2) is 59.5 Å². The van der Waals surface area contributed by atoms with E-state index in [0.29, 0.717) is 0 Å². The topological polar surface area (TPSA) is 75.3 Å². The van der Waals surface area contributed by atoms with Crippen LogP contribution in [-0.4, -0.2) is 20.4 Å². The lowest BCUT2D eigenvalue weighted by molar-refractivity contribution is -0.122. The predicted molar refractivity (Wildman–Crippen MR) is 103 cm³/mol. The third kappa shape index (κ3) is 5.68. The lowest BCUT2D eigenvalue weighted by Crippen LogP contribution is -2.37. The first-order chi connectivity index (χ1) is 12.3. The molecule has 0 bridgehead atoms. The van der Waals surface area contributed by atoms with E-state index in [9.17, 15) is 13.2 Å². The quantitative estimate of drug-likeness (QED) is 0.744. The molecule has 140 valence electrons.